The number of rotatable bonds is 6. The predicted octanol–water partition coefficient (Wildman–Crippen LogP) is -0.429. The van der Waals surface area contributed by atoms with Crippen LogP contribution in [0.15, 0.2) is 12.7 Å². The average molecular weight is 205 g/mol. The van der Waals surface area contributed by atoms with Crippen LogP contribution in [0.4, 0.5) is 0 Å². The van der Waals surface area contributed by atoms with Gasteiger partial charge in [0, 0.05) is 19.4 Å². The first-order valence-electron chi connectivity index (χ1n) is 4.60. The van der Waals surface area contributed by atoms with Gasteiger partial charge in [-0.3, -0.25) is 0 Å². The van der Waals surface area contributed by atoms with Crippen LogP contribution in [0.1, 0.15) is 26.7 Å². The maximum atomic E-state index is 9.49. The van der Waals surface area contributed by atoms with E-state index in [9.17, 15) is 20.4 Å². The van der Waals surface area contributed by atoms with Gasteiger partial charge in [0.25, 0.3) is 0 Å². The monoisotopic (exact) mass is 205 g/mol. The second-order valence-corrected chi connectivity index (χ2v) is 3.16. The number of nitrogens with zero attached hydrogens (tertiary/aromatic N) is 1. The van der Waals surface area contributed by atoms with Crippen LogP contribution < -0.4 is 0 Å². The van der Waals surface area contributed by atoms with Gasteiger partial charge in [-0.25, -0.2) is 0 Å². The van der Waals surface area contributed by atoms with Crippen molar-refractivity contribution in [3.05, 3.63) is 12.7 Å². The Morgan fingerprint density at radius 2 is 1.43 bits per heavy atom. The van der Waals surface area contributed by atoms with Crippen LogP contribution >= 0.6 is 0 Å². The smallest absolute Gasteiger partial charge is 0.229 e. The van der Waals surface area contributed by atoms with Crippen molar-refractivity contribution < 1.29 is 20.4 Å². The topological polar surface area (TPSA) is 84.2 Å². The van der Waals surface area contributed by atoms with Crippen molar-refractivity contribution in [2.75, 3.05) is 6.54 Å². The molecule has 0 bridgehead atoms. The van der Waals surface area contributed by atoms with Crippen LogP contribution in [0.3, 0.4) is 0 Å². The molecule has 0 aromatic rings. The molecule has 0 atom stereocenters. The lowest BCUT2D eigenvalue weighted by Crippen LogP contribution is -2.60. The van der Waals surface area contributed by atoms with E-state index in [1.807, 2.05) is 0 Å². The Morgan fingerprint density at radius 1 is 1.07 bits per heavy atom. The van der Waals surface area contributed by atoms with E-state index in [0.29, 0.717) is 0 Å². The molecule has 0 radical (unpaired) electrons. The van der Waals surface area contributed by atoms with Crippen LogP contribution in [0, 0.1) is 0 Å². The first-order chi connectivity index (χ1) is 6.31. The second-order valence-electron chi connectivity index (χ2n) is 3.16. The maximum absolute atomic E-state index is 9.49. The lowest BCUT2D eigenvalue weighted by atomic mass is 10.2. The first-order valence-corrected chi connectivity index (χ1v) is 4.60. The summed E-state index contributed by atoms with van der Waals surface area (Å²) in [4.78, 5) is 0.771. The van der Waals surface area contributed by atoms with Crippen LogP contribution in [0.2, 0.25) is 0 Å². The Bertz CT molecular complexity index is 175. The maximum Gasteiger partial charge on any atom is 0.229 e. The van der Waals surface area contributed by atoms with Gasteiger partial charge in [-0.15, -0.1) is 6.58 Å². The van der Waals surface area contributed by atoms with Crippen LogP contribution in [0.5, 0.6) is 0 Å². The van der Waals surface area contributed by atoms with E-state index in [0.717, 1.165) is 4.90 Å². The predicted molar refractivity (Wildman–Crippen MR) is 51.8 cm³/mol. The molecule has 0 saturated carbocycles. The summed E-state index contributed by atoms with van der Waals surface area (Å²) in [6, 6.07) is 0. The molecule has 5 heteroatoms. The standard InChI is InChI=1S/C9H19NO4/c1-4-7-10(8(11,12)5-2)9(13,14)6-3/h4,11-14H,1,5-7H2,2-3H3. The Balaban J connectivity index is 4.84. The lowest BCUT2D eigenvalue weighted by Gasteiger charge is -2.41. The second kappa shape index (κ2) is 4.86. The van der Waals surface area contributed by atoms with E-state index in [4.69, 9.17) is 0 Å². The van der Waals surface area contributed by atoms with Crippen molar-refractivity contribution in [2.45, 2.75) is 38.5 Å². The summed E-state index contributed by atoms with van der Waals surface area (Å²) in [6.45, 7) is 6.44. The minimum atomic E-state index is -2.24. The van der Waals surface area contributed by atoms with Crippen molar-refractivity contribution in [1.29, 1.82) is 0 Å². The summed E-state index contributed by atoms with van der Waals surface area (Å²) in [5.41, 5.74) is 0. The quantitative estimate of drug-likeness (QED) is 0.349. The Kier molecular flexibility index (Phi) is 4.70. The zero-order valence-electron chi connectivity index (χ0n) is 8.64. The SMILES string of the molecule is C=CCN(C(O)(O)CC)C(O)(O)CC. The minimum absolute atomic E-state index is 0.0261. The zero-order valence-corrected chi connectivity index (χ0v) is 8.64. The first kappa shape index (κ1) is 13.5. The molecular formula is C9H19NO4. The van der Waals surface area contributed by atoms with Gasteiger partial charge in [0.2, 0.25) is 11.8 Å². The molecular weight excluding hydrogens is 186 g/mol. The van der Waals surface area contributed by atoms with Crippen molar-refractivity contribution in [3.63, 3.8) is 0 Å². The summed E-state index contributed by atoms with van der Waals surface area (Å²) in [5.74, 6) is -4.48. The fraction of sp³-hybridized carbons (Fsp3) is 0.778. The van der Waals surface area contributed by atoms with E-state index in [1.165, 1.54) is 19.9 Å². The molecule has 0 amide bonds. The van der Waals surface area contributed by atoms with Gasteiger partial charge in [0.1, 0.15) is 0 Å². The molecule has 14 heavy (non-hydrogen) atoms. The highest BCUT2D eigenvalue weighted by Crippen LogP contribution is 2.23. The fourth-order valence-corrected chi connectivity index (χ4v) is 1.09. The van der Waals surface area contributed by atoms with E-state index >= 15 is 0 Å². The molecule has 0 aromatic carbocycles. The third-order valence-electron chi connectivity index (χ3n) is 2.12. The Labute approximate surface area is 83.9 Å². The van der Waals surface area contributed by atoms with Gasteiger partial charge in [-0.1, -0.05) is 19.9 Å². The van der Waals surface area contributed by atoms with Crippen LogP contribution in [-0.2, 0) is 0 Å². The molecule has 0 unspecified atom stereocenters. The normalized spacial score (nSPS) is 13.4. The summed E-state index contributed by atoms with van der Waals surface area (Å²) >= 11 is 0. The van der Waals surface area contributed by atoms with Crippen molar-refractivity contribution in [1.82, 2.24) is 4.90 Å². The third kappa shape index (κ3) is 3.04. The molecule has 0 aliphatic rings. The summed E-state index contributed by atoms with van der Waals surface area (Å²) in [7, 11) is 0. The van der Waals surface area contributed by atoms with Gasteiger partial charge >= 0.3 is 0 Å². The van der Waals surface area contributed by atoms with E-state index in [1.54, 1.807) is 0 Å². The van der Waals surface area contributed by atoms with Gasteiger partial charge in [0.15, 0.2) is 0 Å². The molecule has 0 rings (SSSR count). The highest BCUT2D eigenvalue weighted by atomic mass is 16.6. The van der Waals surface area contributed by atoms with E-state index in [-0.39, 0.29) is 19.4 Å². The summed E-state index contributed by atoms with van der Waals surface area (Å²) in [6.07, 6.45) is 1.29. The number of hydrogen-bond acceptors (Lipinski definition) is 5. The highest BCUT2D eigenvalue weighted by Gasteiger charge is 2.42. The highest BCUT2D eigenvalue weighted by molar-refractivity contribution is 4.82. The Morgan fingerprint density at radius 3 is 1.64 bits per heavy atom. The average Bonchev–Trinajstić information content (AvgIpc) is 2.13. The van der Waals surface area contributed by atoms with Crippen molar-refractivity contribution in [2.24, 2.45) is 0 Å². The molecule has 5 nitrogen and oxygen atoms in total. The Hall–Kier alpha value is -0.460. The van der Waals surface area contributed by atoms with Crippen molar-refractivity contribution in [3.8, 4) is 0 Å². The van der Waals surface area contributed by atoms with Gasteiger partial charge in [-0.05, 0) is 0 Å². The molecule has 0 aliphatic carbocycles. The zero-order chi connectivity index (χ0) is 11.4. The molecule has 0 aromatic heterocycles. The molecule has 0 aliphatic heterocycles. The number of aliphatic hydroxyl groups is 4. The molecule has 84 valence electrons. The van der Waals surface area contributed by atoms with Gasteiger partial charge < -0.3 is 20.4 Å². The van der Waals surface area contributed by atoms with Crippen LogP contribution in [-0.4, -0.2) is 43.7 Å². The molecule has 0 fully saturated rings. The molecule has 0 spiro atoms. The van der Waals surface area contributed by atoms with Gasteiger partial charge in [-0.2, -0.15) is 4.90 Å². The van der Waals surface area contributed by atoms with Gasteiger partial charge in [0.05, 0.1) is 0 Å². The van der Waals surface area contributed by atoms with E-state index in [2.05, 4.69) is 6.58 Å². The van der Waals surface area contributed by atoms with E-state index < -0.39 is 11.8 Å². The summed E-state index contributed by atoms with van der Waals surface area (Å²) < 4.78 is 0. The molecule has 4 N–H and O–H groups in total. The summed E-state index contributed by atoms with van der Waals surface area (Å²) in [5, 5.41) is 38.0. The van der Waals surface area contributed by atoms with Crippen molar-refractivity contribution >= 4 is 0 Å². The third-order valence-corrected chi connectivity index (χ3v) is 2.12. The molecule has 0 saturated heterocycles. The lowest BCUT2D eigenvalue weighted by molar-refractivity contribution is -0.382. The minimum Gasteiger partial charge on any atom is -0.353 e. The number of hydrogen-bond donors (Lipinski definition) is 4. The molecule has 0 heterocycles. The fourth-order valence-electron chi connectivity index (χ4n) is 1.09. The largest absolute Gasteiger partial charge is 0.353 e. The van der Waals surface area contributed by atoms with Crippen LogP contribution in [0.25, 0.3) is 0 Å².